The van der Waals surface area contributed by atoms with Crippen LogP contribution in [0.1, 0.15) is 42.2 Å². The van der Waals surface area contributed by atoms with Gasteiger partial charge in [0.05, 0.1) is 28.3 Å². The van der Waals surface area contributed by atoms with Crippen molar-refractivity contribution in [2.75, 3.05) is 18.8 Å². The Morgan fingerprint density at radius 3 is 2.52 bits per heavy atom. The summed E-state index contributed by atoms with van der Waals surface area (Å²) < 4.78 is 49.7. The van der Waals surface area contributed by atoms with Crippen LogP contribution in [-0.2, 0) is 6.61 Å². The number of aromatic nitrogens is 1. The van der Waals surface area contributed by atoms with Crippen molar-refractivity contribution in [2.45, 2.75) is 32.8 Å². The molecule has 2 heterocycles. The Kier molecular flexibility index (Phi) is 9.27. The number of likely N-dealkylation sites (tertiary alicyclic amines) is 1. The Balaban J connectivity index is 1.64. The fourth-order valence-electron chi connectivity index (χ4n) is 4.50. The van der Waals surface area contributed by atoms with Crippen molar-refractivity contribution in [3.05, 3.63) is 113 Å². The van der Waals surface area contributed by atoms with Gasteiger partial charge in [-0.15, -0.1) is 0 Å². The van der Waals surface area contributed by atoms with Crippen LogP contribution in [0.15, 0.2) is 84.7 Å². The minimum absolute atomic E-state index is 0.0305. The first kappa shape index (κ1) is 28.5. The maximum Gasteiger partial charge on any atom is 0.276 e. The maximum atomic E-state index is 15.5. The minimum Gasteiger partial charge on any atom is -0.486 e. The normalized spacial score (nSPS) is 14.2. The van der Waals surface area contributed by atoms with E-state index in [9.17, 15) is 13.6 Å². The number of ether oxygens (including phenoxy) is 1. The highest BCUT2D eigenvalue weighted by Gasteiger charge is 2.22. The zero-order chi connectivity index (χ0) is 28.6. The number of allylic oxidation sites excluding steroid dienone is 3. The van der Waals surface area contributed by atoms with Gasteiger partial charge in [-0.25, -0.2) is 18.2 Å². The largest absolute Gasteiger partial charge is 0.486 e. The summed E-state index contributed by atoms with van der Waals surface area (Å²) >= 11 is 0. The van der Waals surface area contributed by atoms with E-state index < -0.39 is 28.9 Å². The smallest absolute Gasteiger partial charge is 0.276 e. The molecule has 3 aromatic rings. The second kappa shape index (κ2) is 13.0. The number of nitrogens with zero attached hydrogens (tertiary/aromatic N) is 2. The van der Waals surface area contributed by atoms with Gasteiger partial charge in [0.2, 0.25) is 0 Å². The monoisotopic (exact) mass is 548 g/mol. The first-order chi connectivity index (χ1) is 19.3. The summed E-state index contributed by atoms with van der Waals surface area (Å²) in [6.07, 6.45) is 8.53. The summed E-state index contributed by atoms with van der Waals surface area (Å²) in [5.74, 6) is -3.40. The first-order valence-corrected chi connectivity index (χ1v) is 13.0. The van der Waals surface area contributed by atoms with Gasteiger partial charge in [0.15, 0.2) is 17.3 Å². The third kappa shape index (κ3) is 6.36. The van der Waals surface area contributed by atoms with E-state index in [1.54, 1.807) is 6.07 Å². The standard InChI is InChI=1S/C31H31F3N4O2/c1-3-10-26(38-17-8-5-9-18-38)24(4-2)37-31(39)30-23(35)14-15-25(36-30)28-22(33)13-16-27(29(28)34)40-19-20-11-6-7-12-21(20)32/h3-4,6-7,10-16H,2,5,8-9,17-19,35H2,1H3,(H,37,39)/b10-3-,26-24-. The van der Waals surface area contributed by atoms with Gasteiger partial charge >= 0.3 is 0 Å². The number of amides is 1. The molecule has 1 aliphatic heterocycles. The van der Waals surface area contributed by atoms with E-state index >= 15 is 4.39 Å². The summed E-state index contributed by atoms with van der Waals surface area (Å²) in [6.45, 7) is 7.15. The zero-order valence-corrected chi connectivity index (χ0v) is 22.2. The Labute approximate surface area is 231 Å². The lowest BCUT2D eigenvalue weighted by Gasteiger charge is -2.31. The molecule has 40 heavy (non-hydrogen) atoms. The first-order valence-electron chi connectivity index (χ1n) is 13.0. The molecule has 1 aromatic heterocycles. The lowest BCUT2D eigenvalue weighted by molar-refractivity contribution is 0.0962. The van der Waals surface area contributed by atoms with Crippen LogP contribution in [0.2, 0.25) is 0 Å². The number of carbonyl (C=O) groups excluding carboxylic acids is 1. The minimum atomic E-state index is -1.04. The molecule has 4 rings (SSSR count). The van der Waals surface area contributed by atoms with E-state index in [0.29, 0.717) is 5.70 Å². The number of anilines is 1. The van der Waals surface area contributed by atoms with Crippen LogP contribution >= 0.6 is 0 Å². The molecule has 0 radical (unpaired) electrons. The van der Waals surface area contributed by atoms with Crippen molar-refractivity contribution < 1.29 is 22.7 Å². The number of hydrogen-bond acceptors (Lipinski definition) is 5. The number of benzene rings is 2. The molecular weight excluding hydrogens is 517 g/mol. The molecule has 0 atom stereocenters. The lowest BCUT2D eigenvalue weighted by Crippen LogP contribution is -2.33. The van der Waals surface area contributed by atoms with E-state index in [0.717, 1.165) is 50.2 Å². The molecule has 1 amide bonds. The van der Waals surface area contributed by atoms with E-state index in [2.05, 4.69) is 21.8 Å². The molecule has 0 saturated carbocycles. The number of halogens is 3. The number of hydrogen-bond donors (Lipinski definition) is 2. The van der Waals surface area contributed by atoms with Crippen LogP contribution in [0.5, 0.6) is 5.75 Å². The maximum absolute atomic E-state index is 15.5. The fourth-order valence-corrected chi connectivity index (χ4v) is 4.50. The Morgan fingerprint density at radius 1 is 1.07 bits per heavy atom. The molecule has 1 saturated heterocycles. The van der Waals surface area contributed by atoms with Crippen LogP contribution in [0.25, 0.3) is 11.3 Å². The van der Waals surface area contributed by atoms with Gasteiger partial charge in [0.1, 0.15) is 18.2 Å². The van der Waals surface area contributed by atoms with Crippen molar-refractivity contribution in [1.29, 1.82) is 0 Å². The number of nitrogens with one attached hydrogen (secondary N) is 1. The lowest BCUT2D eigenvalue weighted by atomic mass is 10.1. The van der Waals surface area contributed by atoms with Gasteiger partial charge in [-0.2, -0.15) is 0 Å². The number of pyridine rings is 1. The Morgan fingerprint density at radius 2 is 1.82 bits per heavy atom. The molecular formula is C31H31F3N4O2. The van der Waals surface area contributed by atoms with Gasteiger partial charge in [0.25, 0.3) is 5.91 Å². The molecule has 0 spiro atoms. The van der Waals surface area contributed by atoms with Gasteiger partial charge in [-0.05, 0) is 68.7 Å². The second-order valence-corrected chi connectivity index (χ2v) is 9.25. The number of carbonyl (C=O) groups is 1. The quantitative estimate of drug-likeness (QED) is 0.298. The predicted molar refractivity (Wildman–Crippen MR) is 150 cm³/mol. The van der Waals surface area contributed by atoms with Gasteiger partial charge in [-0.1, -0.05) is 30.9 Å². The third-order valence-electron chi connectivity index (χ3n) is 6.54. The average molecular weight is 549 g/mol. The van der Waals surface area contributed by atoms with E-state index in [1.807, 2.05) is 19.1 Å². The molecule has 9 heteroatoms. The topological polar surface area (TPSA) is 80.5 Å². The zero-order valence-electron chi connectivity index (χ0n) is 22.2. The van der Waals surface area contributed by atoms with E-state index in [-0.39, 0.29) is 35.0 Å². The fraction of sp³-hybridized carbons (Fsp3) is 0.226. The highest BCUT2D eigenvalue weighted by Crippen LogP contribution is 2.32. The van der Waals surface area contributed by atoms with Crippen LogP contribution in [0.4, 0.5) is 18.9 Å². The molecule has 0 unspecified atom stereocenters. The molecule has 3 N–H and O–H groups in total. The van der Waals surface area contributed by atoms with Crippen molar-refractivity contribution in [3.63, 3.8) is 0 Å². The van der Waals surface area contributed by atoms with Crippen LogP contribution in [0.3, 0.4) is 0 Å². The van der Waals surface area contributed by atoms with Gasteiger partial charge in [0, 0.05) is 18.7 Å². The predicted octanol–water partition coefficient (Wildman–Crippen LogP) is 6.52. The second-order valence-electron chi connectivity index (χ2n) is 9.25. The summed E-state index contributed by atoms with van der Waals surface area (Å²) in [7, 11) is 0. The van der Waals surface area contributed by atoms with Crippen molar-refractivity contribution in [1.82, 2.24) is 15.2 Å². The highest BCUT2D eigenvalue weighted by atomic mass is 19.1. The number of nitrogen functional groups attached to an aromatic ring is 1. The summed E-state index contributed by atoms with van der Waals surface area (Å²) in [4.78, 5) is 19.7. The Hall–Kier alpha value is -4.53. The van der Waals surface area contributed by atoms with Crippen LogP contribution in [-0.4, -0.2) is 28.9 Å². The number of rotatable bonds is 9. The third-order valence-corrected chi connectivity index (χ3v) is 6.54. The molecule has 1 aliphatic rings. The summed E-state index contributed by atoms with van der Waals surface area (Å²) in [5.41, 5.74) is 6.72. The van der Waals surface area contributed by atoms with Crippen LogP contribution < -0.4 is 15.8 Å². The van der Waals surface area contributed by atoms with Crippen molar-refractivity contribution in [3.8, 4) is 17.0 Å². The van der Waals surface area contributed by atoms with E-state index in [4.69, 9.17) is 10.5 Å². The van der Waals surface area contributed by atoms with Crippen LogP contribution in [0, 0.1) is 17.5 Å². The number of piperidine rings is 1. The molecule has 1 fully saturated rings. The molecule has 2 aromatic carbocycles. The highest BCUT2D eigenvalue weighted by molar-refractivity contribution is 5.99. The number of nitrogens with two attached hydrogens (primary N) is 1. The Bertz CT molecular complexity index is 1460. The van der Waals surface area contributed by atoms with Crippen molar-refractivity contribution >= 4 is 11.6 Å². The van der Waals surface area contributed by atoms with Gasteiger partial charge in [-0.3, -0.25) is 4.79 Å². The molecule has 208 valence electrons. The molecule has 0 aliphatic carbocycles. The summed E-state index contributed by atoms with van der Waals surface area (Å²) in [5, 5.41) is 2.81. The van der Waals surface area contributed by atoms with E-state index in [1.165, 1.54) is 36.4 Å². The SMILES string of the molecule is C=C/C(NC(=O)c1nc(-c2c(F)ccc(OCc3ccccc3F)c2F)ccc1N)=C(\C=C/C)N1CCCCC1. The summed E-state index contributed by atoms with van der Waals surface area (Å²) in [6, 6.07) is 10.7. The average Bonchev–Trinajstić information content (AvgIpc) is 2.96. The molecule has 0 bridgehead atoms. The molecule has 6 nitrogen and oxygen atoms in total. The van der Waals surface area contributed by atoms with Crippen molar-refractivity contribution in [2.24, 2.45) is 0 Å². The van der Waals surface area contributed by atoms with Gasteiger partial charge < -0.3 is 20.7 Å².